The van der Waals surface area contributed by atoms with Crippen LogP contribution >= 0.6 is 22.9 Å². The van der Waals surface area contributed by atoms with Gasteiger partial charge in [-0.3, -0.25) is 9.69 Å². The van der Waals surface area contributed by atoms with Crippen molar-refractivity contribution >= 4 is 50.8 Å². The second-order valence-corrected chi connectivity index (χ2v) is 8.56. The molecule has 0 spiro atoms. The Kier molecular flexibility index (Phi) is 5.54. The molecule has 1 aliphatic rings. The van der Waals surface area contributed by atoms with Crippen LogP contribution in [0.4, 0.5) is 10.8 Å². The van der Waals surface area contributed by atoms with Crippen LogP contribution in [0.3, 0.4) is 0 Å². The first-order valence-electron chi connectivity index (χ1n) is 9.93. The van der Waals surface area contributed by atoms with Crippen molar-refractivity contribution < 1.29 is 4.79 Å². The summed E-state index contributed by atoms with van der Waals surface area (Å²) in [6.07, 6.45) is 3.33. The van der Waals surface area contributed by atoms with E-state index in [9.17, 15) is 4.79 Å². The molecule has 0 unspecified atom stereocenters. The molecule has 4 aromatic rings. The molecule has 8 nitrogen and oxygen atoms in total. The van der Waals surface area contributed by atoms with Crippen LogP contribution in [0.25, 0.3) is 22.6 Å². The molecule has 3 aromatic heterocycles. The minimum atomic E-state index is -0.0474. The van der Waals surface area contributed by atoms with E-state index in [1.165, 1.54) is 11.3 Å². The van der Waals surface area contributed by atoms with Gasteiger partial charge in [-0.05, 0) is 0 Å². The monoisotopic (exact) mass is 453 g/mol. The fraction of sp³-hybridized carbons (Fsp3) is 0.238. The Morgan fingerprint density at radius 1 is 1.16 bits per heavy atom. The number of aromatic amines is 1. The molecule has 1 aromatic carbocycles. The average Bonchev–Trinajstić information content (AvgIpc) is 3.45. The van der Waals surface area contributed by atoms with Crippen LogP contribution in [-0.4, -0.2) is 63.5 Å². The molecule has 1 amide bonds. The summed E-state index contributed by atoms with van der Waals surface area (Å²) in [4.78, 5) is 33.2. The molecule has 2 N–H and O–H groups in total. The fourth-order valence-corrected chi connectivity index (χ4v) is 4.55. The number of carbonyl (C=O) groups is 1. The van der Waals surface area contributed by atoms with Crippen molar-refractivity contribution in [1.29, 1.82) is 0 Å². The number of pyridine rings is 1. The Morgan fingerprint density at radius 3 is 2.71 bits per heavy atom. The van der Waals surface area contributed by atoms with Gasteiger partial charge in [-0.25, -0.2) is 15.0 Å². The number of anilines is 2. The predicted octanol–water partition coefficient (Wildman–Crippen LogP) is 3.50. The van der Waals surface area contributed by atoms with Crippen molar-refractivity contribution in [1.82, 2.24) is 24.8 Å². The number of amides is 1. The van der Waals surface area contributed by atoms with Gasteiger partial charge in [0.2, 0.25) is 5.91 Å². The Morgan fingerprint density at radius 2 is 1.97 bits per heavy atom. The van der Waals surface area contributed by atoms with Crippen LogP contribution < -0.4 is 10.2 Å². The number of imidazole rings is 1. The van der Waals surface area contributed by atoms with Gasteiger partial charge in [0.05, 0.1) is 23.5 Å². The summed E-state index contributed by atoms with van der Waals surface area (Å²) >= 11 is 7.97. The molecule has 1 aliphatic heterocycles. The first-order chi connectivity index (χ1) is 15.2. The molecular weight excluding hydrogens is 434 g/mol. The molecule has 0 atom stereocenters. The maximum Gasteiger partial charge on any atom is 0.240 e. The average molecular weight is 454 g/mol. The Hall–Kier alpha value is -3.01. The topological polar surface area (TPSA) is 90.0 Å². The van der Waals surface area contributed by atoms with E-state index in [4.69, 9.17) is 11.6 Å². The summed E-state index contributed by atoms with van der Waals surface area (Å²) in [5.74, 6) is 0.720. The number of thiazole rings is 1. The lowest BCUT2D eigenvalue weighted by molar-refractivity contribution is -0.117. The molecule has 5 rings (SSSR count). The predicted molar refractivity (Wildman–Crippen MR) is 124 cm³/mol. The molecule has 0 radical (unpaired) electrons. The van der Waals surface area contributed by atoms with Crippen molar-refractivity contribution in [3.63, 3.8) is 0 Å². The third-order valence-corrected chi connectivity index (χ3v) is 6.19. The van der Waals surface area contributed by atoms with Crippen molar-refractivity contribution in [2.75, 3.05) is 42.9 Å². The summed E-state index contributed by atoms with van der Waals surface area (Å²) in [7, 11) is 0. The number of benzene rings is 1. The Bertz CT molecular complexity index is 1190. The van der Waals surface area contributed by atoms with Gasteiger partial charge in [-0.2, -0.15) is 0 Å². The zero-order valence-corrected chi connectivity index (χ0v) is 18.2. The van der Waals surface area contributed by atoms with Gasteiger partial charge in [0.1, 0.15) is 11.3 Å². The highest BCUT2D eigenvalue weighted by Gasteiger charge is 2.24. The number of hydrogen-bond donors (Lipinski definition) is 2. The highest BCUT2D eigenvalue weighted by molar-refractivity contribution is 7.13. The van der Waals surface area contributed by atoms with E-state index in [1.807, 2.05) is 35.7 Å². The molecule has 158 valence electrons. The fourth-order valence-electron chi connectivity index (χ4n) is 3.74. The second kappa shape index (κ2) is 8.62. The number of hydrogen-bond acceptors (Lipinski definition) is 7. The largest absolute Gasteiger partial charge is 0.366 e. The molecule has 0 saturated carbocycles. The Balaban J connectivity index is 1.30. The van der Waals surface area contributed by atoms with Crippen LogP contribution in [0.5, 0.6) is 0 Å². The van der Waals surface area contributed by atoms with Crippen LogP contribution in [0.1, 0.15) is 0 Å². The summed E-state index contributed by atoms with van der Waals surface area (Å²) in [6.45, 7) is 3.36. The van der Waals surface area contributed by atoms with E-state index < -0.39 is 0 Å². The quantitative estimate of drug-likeness (QED) is 0.480. The molecule has 1 fully saturated rings. The van der Waals surface area contributed by atoms with E-state index in [2.05, 4.69) is 35.1 Å². The first kappa shape index (κ1) is 19.9. The van der Waals surface area contributed by atoms with Gasteiger partial charge < -0.3 is 15.2 Å². The molecule has 1 saturated heterocycles. The van der Waals surface area contributed by atoms with Crippen LogP contribution in [0, 0.1) is 0 Å². The molecular formula is C21H20ClN7OS. The molecule has 0 bridgehead atoms. The minimum Gasteiger partial charge on any atom is -0.366 e. The summed E-state index contributed by atoms with van der Waals surface area (Å²) < 4.78 is 0. The van der Waals surface area contributed by atoms with Crippen LogP contribution in [0.2, 0.25) is 5.02 Å². The third-order valence-electron chi connectivity index (χ3n) is 5.23. The van der Waals surface area contributed by atoms with Gasteiger partial charge >= 0.3 is 0 Å². The number of nitrogens with zero attached hydrogens (tertiary/aromatic N) is 5. The standard InChI is InChI=1S/C21H20ClN7OS/c22-15-12-24-20-17(26-19(27-20)14-4-2-1-3-5-14)18(15)29-9-7-28(8-10-29)13-16(30)25-21-23-6-11-31-21/h1-6,11-12H,7-10,13H2,(H,23,25,30)(H,24,26,27). The normalized spacial score (nSPS) is 14.8. The zero-order valence-electron chi connectivity index (χ0n) is 16.6. The minimum absolute atomic E-state index is 0.0474. The summed E-state index contributed by atoms with van der Waals surface area (Å²) in [6, 6.07) is 9.95. The van der Waals surface area contributed by atoms with Crippen molar-refractivity contribution in [3.8, 4) is 11.4 Å². The van der Waals surface area contributed by atoms with Crippen molar-refractivity contribution in [2.45, 2.75) is 0 Å². The number of fused-ring (bicyclic) bond motifs is 1. The zero-order chi connectivity index (χ0) is 21.2. The number of rotatable bonds is 5. The summed E-state index contributed by atoms with van der Waals surface area (Å²) in [5, 5.41) is 5.89. The van der Waals surface area contributed by atoms with E-state index in [-0.39, 0.29) is 5.91 Å². The van der Waals surface area contributed by atoms with E-state index in [0.29, 0.717) is 22.3 Å². The number of carbonyl (C=O) groups excluding carboxylic acids is 1. The SMILES string of the molecule is O=C(CN1CCN(c2c(Cl)cnc3nc(-c4ccccc4)[nH]c23)CC1)Nc1nccs1. The number of aromatic nitrogens is 4. The number of halogens is 1. The van der Waals surface area contributed by atoms with Crippen LogP contribution in [-0.2, 0) is 4.79 Å². The molecule has 0 aliphatic carbocycles. The van der Waals surface area contributed by atoms with Crippen LogP contribution in [0.15, 0.2) is 48.1 Å². The third kappa shape index (κ3) is 4.25. The lowest BCUT2D eigenvalue weighted by Gasteiger charge is -2.36. The smallest absolute Gasteiger partial charge is 0.240 e. The second-order valence-electron chi connectivity index (χ2n) is 7.25. The molecule has 31 heavy (non-hydrogen) atoms. The van der Waals surface area contributed by atoms with Gasteiger partial charge in [0, 0.05) is 43.3 Å². The van der Waals surface area contributed by atoms with Crippen molar-refractivity contribution in [2.24, 2.45) is 0 Å². The summed E-state index contributed by atoms with van der Waals surface area (Å²) in [5.41, 5.74) is 3.39. The lowest BCUT2D eigenvalue weighted by Crippen LogP contribution is -2.48. The molecule has 10 heteroatoms. The van der Waals surface area contributed by atoms with Gasteiger partial charge in [-0.1, -0.05) is 41.9 Å². The number of piperazine rings is 1. The maximum absolute atomic E-state index is 12.3. The maximum atomic E-state index is 12.3. The first-order valence-corrected chi connectivity index (χ1v) is 11.2. The van der Waals surface area contributed by atoms with Gasteiger partial charge in [-0.15, -0.1) is 11.3 Å². The number of H-pyrrole nitrogens is 1. The molecule has 4 heterocycles. The Labute approximate surface area is 187 Å². The van der Waals surface area contributed by atoms with E-state index in [1.54, 1.807) is 12.4 Å². The highest BCUT2D eigenvalue weighted by Crippen LogP contribution is 2.34. The highest BCUT2D eigenvalue weighted by atomic mass is 35.5. The number of nitrogens with one attached hydrogen (secondary N) is 2. The van der Waals surface area contributed by atoms with Gasteiger partial charge in [0.15, 0.2) is 10.8 Å². The van der Waals surface area contributed by atoms with E-state index in [0.717, 1.165) is 48.8 Å². The van der Waals surface area contributed by atoms with Gasteiger partial charge in [0.25, 0.3) is 0 Å². The lowest BCUT2D eigenvalue weighted by atomic mass is 10.2. The van der Waals surface area contributed by atoms with Crippen molar-refractivity contribution in [3.05, 3.63) is 53.1 Å². The van der Waals surface area contributed by atoms with E-state index >= 15 is 0 Å².